The van der Waals surface area contributed by atoms with Gasteiger partial charge in [-0.05, 0) is 6.42 Å². The van der Waals surface area contributed by atoms with Crippen molar-refractivity contribution in [2.75, 3.05) is 0 Å². The van der Waals surface area contributed by atoms with Crippen LogP contribution in [0.25, 0.3) is 0 Å². The Bertz CT molecular complexity index is 328. The summed E-state index contributed by atoms with van der Waals surface area (Å²) in [5.74, 6) is -4.73. The van der Waals surface area contributed by atoms with E-state index in [-0.39, 0.29) is 5.82 Å². The van der Waals surface area contributed by atoms with Crippen molar-refractivity contribution in [3.8, 4) is 0 Å². The van der Waals surface area contributed by atoms with E-state index in [2.05, 4.69) is 4.98 Å². The van der Waals surface area contributed by atoms with Crippen LogP contribution in [-0.2, 0) is 12.3 Å². The van der Waals surface area contributed by atoms with Crippen LogP contribution >= 0.6 is 0 Å². The van der Waals surface area contributed by atoms with Gasteiger partial charge < -0.3 is 4.98 Å². The fraction of sp³-hybridized carbons (Fsp3) is 0.625. The zero-order valence-electron chi connectivity index (χ0n) is 7.83. The van der Waals surface area contributed by atoms with Gasteiger partial charge in [0.1, 0.15) is 11.5 Å². The summed E-state index contributed by atoms with van der Waals surface area (Å²) >= 11 is 0. The first-order valence-electron chi connectivity index (χ1n) is 4.28. The highest BCUT2D eigenvalue weighted by molar-refractivity contribution is 5.10. The van der Waals surface area contributed by atoms with E-state index >= 15 is 0 Å². The molecule has 1 N–H and O–H groups in total. The average molecular weight is 228 g/mol. The molecule has 0 saturated carbocycles. The Kier molecular flexibility index (Phi) is 3.01. The minimum absolute atomic E-state index is 0.136. The molecule has 2 nitrogen and oxygen atoms in total. The second kappa shape index (κ2) is 3.79. The zero-order chi connectivity index (χ0) is 11.7. The highest BCUT2D eigenvalue weighted by Gasteiger charge is 2.59. The third-order valence-electron chi connectivity index (χ3n) is 1.81. The summed E-state index contributed by atoms with van der Waals surface area (Å²) in [5, 5.41) is 0. The van der Waals surface area contributed by atoms with Gasteiger partial charge in [-0.15, -0.1) is 0 Å². The molecule has 0 unspecified atom stereocenters. The molecule has 0 bridgehead atoms. The number of aromatic amines is 1. The van der Waals surface area contributed by atoms with Gasteiger partial charge in [0.2, 0.25) is 0 Å². The second-order valence-electron chi connectivity index (χ2n) is 3.07. The van der Waals surface area contributed by atoms with Crippen molar-refractivity contribution >= 4 is 0 Å². The van der Waals surface area contributed by atoms with Crippen molar-refractivity contribution < 1.29 is 22.0 Å². The third kappa shape index (κ3) is 2.27. The molecular formula is C8H9F5N2. The Morgan fingerprint density at radius 1 is 1.27 bits per heavy atom. The molecule has 0 aliphatic heterocycles. The number of imidazole rings is 1. The molecule has 0 spiro atoms. The number of hydrogen-bond acceptors (Lipinski definition) is 1. The number of nitrogens with zero attached hydrogens (tertiary/aromatic N) is 1. The van der Waals surface area contributed by atoms with Crippen molar-refractivity contribution in [1.82, 2.24) is 9.97 Å². The van der Waals surface area contributed by atoms with Crippen LogP contribution in [0.1, 0.15) is 24.9 Å². The highest BCUT2D eigenvalue weighted by atomic mass is 19.4. The summed E-state index contributed by atoms with van der Waals surface area (Å²) in [4.78, 5) is 5.43. The summed E-state index contributed by atoms with van der Waals surface area (Å²) in [7, 11) is 0. The van der Waals surface area contributed by atoms with E-state index in [1.165, 1.54) is 0 Å². The number of aromatic nitrogens is 2. The monoisotopic (exact) mass is 228 g/mol. The van der Waals surface area contributed by atoms with Crippen LogP contribution in [0.2, 0.25) is 0 Å². The standard InChI is InChI=1S/C8H9F5N2/c1-2-3-6-14-4-5(15-6)7(9,10)8(11,12)13/h4H,2-3H2,1H3,(H,14,15). The van der Waals surface area contributed by atoms with Crippen LogP contribution < -0.4 is 0 Å². The number of alkyl halides is 5. The van der Waals surface area contributed by atoms with Crippen LogP contribution in [0, 0.1) is 0 Å². The first-order valence-corrected chi connectivity index (χ1v) is 4.28. The SMILES string of the molecule is CCCc1ncc(C(F)(F)C(F)(F)F)[nH]1. The molecule has 0 aliphatic carbocycles. The van der Waals surface area contributed by atoms with Gasteiger partial charge in [-0.2, -0.15) is 22.0 Å². The van der Waals surface area contributed by atoms with Gasteiger partial charge in [-0.3, -0.25) is 0 Å². The lowest BCUT2D eigenvalue weighted by atomic mass is 10.2. The molecule has 0 atom stereocenters. The molecule has 1 rings (SSSR count). The Morgan fingerprint density at radius 3 is 2.33 bits per heavy atom. The maximum atomic E-state index is 12.7. The van der Waals surface area contributed by atoms with E-state index in [9.17, 15) is 22.0 Å². The van der Waals surface area contributed by atoms with E-state index in [1.54, 1.807) is 6.92 Å². The second-order valence-corrected chi connectivity index (χ2v) is 3.07. The van der Waals surface area contributed by atoms with E-state index in [1.807, 2.05) is 4.98 Å². The minimum atomic E-state index is -5.59. The van der Waals surface area contributed by atoms with E-state index < -0.39 is 17.8 Å². The molecule has 1 heterocycles. The summed E-state index contributed by atoms with van der Waals surface area (Å²) < 4.78 is 61.2. The Hall–Kier alpha value is -1.14. The van der Waals surface area contributed by atoms with E-state index in [0.29, 0.717) is 19.0 Å². The molecule has 15 heavy (non-hydrogen) atoms. The van der Waals surface area contributed by atoms with Crippen LogP contribution in [0.4, 0.5) is 22.0 Å². The van der Waals surface area contributed by atoms with Crippen molar-refractivity contribution in [3.05, 3.63) is 17.7 Å². The fourth-order valence-corrected chi connectivity index (χ4v) is 1.04. The van der Waals surface area contributed by atoms with E-state index in [0.717, 1.165) is 0 Å². The van der Waals surface area contributed by atoms with Gasteiger partial charge in [0.05, 0.1) is 6.20 Å². The topological polar surface area (TPSA) is 28.7 Å². The maximum Gasteiger partial charge on any atom is 0.459 e. The molecule has 1 aromatic heterocycles. The molecule has 0 radical (unpaired) electrons. The van der Waals surface area contributed by atoms with Gasteiger partial charge >= 0.3 is 12.1 Å². The molecule has 0 aliphatic rings. The normalized spacial score (nSPS) is 13.2. The quantitative estimate of drug-likeness (QED) is 0.791. The molecule has 1 aromatic rings. The number of aryl methyl sites for hydroxylation is 1. The lowest BCUT2D eigenvalue weighted by Crippen LogP contribution is -2.34. The fourth-order valence-electron chi connectivity index (χ4n) is 1.04. The lowest BCUT2D eigenvalue weighted by Gasteiger charge is -2.17. The highest BCUT2D eigenvalue weighted by Crippen LogP contribution is 2.42. The predicted octanol–water partition coefficient (Wildman–Crippen LogP) is 3.02. The van der Waals surface area contributed by atoms with Crippen molar-refractivity contribution in [2.24, 2.45) is 0 Å². The molecule has 0 saturated heterocycles. The van der Waals surface area contributed by atoms with Gasteiger partial charge in [-0.25, -0.2) is 4.98 Å². The molecule has 7 heteroatoms. The molecule has 86 valence electrons. The van der Waals surface area contributed by atoms with Crippen molar-refractivity contribution in [3.63, 3.8) is 0 Å². The van der Waals surface area contributed by atoms with E-state index in [4.69, 9.17) is 0 Å². The average Bonchev–Trinajstić information content (AvgIpc) is 2.51. The first-order chi connectivity index (χ1) is 6.79. The Morgan fingerprint density at radius 2 is 1.87 bits per heavy atom. The Balaban J connectivity index is 2.95. The predicted molar refractivity (Wildman–Crippen MR) is 42.5 cm³/mol. The van der Waals surface area contributed by atoms with Gasteiger partial charge in [-0.1, -0.05) is 6.92 Å². The summed E-state index contributed by atoms with van der Waals surface area (Å²) in [6.07, 6.45) is -4.11. The lowest BCUT2D eigenvalue weighted by molar-refractivity contribution is -0.290. The minimum Gasteiger partial charge on any atom is -0.341 e. The number of H-pyrrole nitrogens is 1. The number of nitrogens with one attached hydrogen (secondary N) is 1. The first kappa shape index (κ1) is 11.9. The molecular weight excluding hydrogens is 219 g/mol. The number of halogens is 5. The van der Waals surface area contributed by atoms with Crippen LogP contribution in [-0.4, -0.2) is 16.1 Å². The van der Waals surface area contributed by atoms with Crippen LogP contribution in [0.3, 0.4) is 0 Å². The molecule has 0 amide bonds. The van der Waals surface area contributed by atoms with Crippen molar-refractivity contribution in [1.29, 1.82) is 0 Å². The zero-order valence-corrected chi connectivity index (χ0v) is 7.83. The summed E-state index contributed by atoms with van der Waals surface area (Å²) in [6, 6.07) is 0. The number of rotatable bonds is 3. The third-order valence-corrected chi connectivity index (χ3v) is 1.81. The van der Waals surface area contributed by atoms with Gasteiger partial charge in [0, 0.05) is 6.42 Å². The van der Waals surface area contributed by atoms with Gasteiger partial charge in [0.15, 0.2) is 0 Å². The summed E-state index contributed by atoms with van der Waals surface area (Å²) in [5.41, 5.74) is -1.21. The van der Waals surface area contributed by atoms with Gasteiger partial charge in [0.25, 0.3) is 0 Å². The molecule has 0 aromatic carbocycles. The number of hydrogen-bond donors (Lipinski definition) is 1. The largest absolute Gasteiger partial charge is 0.459 e. The smallest absolute Gasteiger partial charge is 0.341 e. The molecule has 0 fully saturated rings. The van der Waals surface area contributed by atoms with Crippen LogP contribution in [0.15, 0.2) is 6.20 Å². The van der Waals surface area contributed by atoms with Crippen LogP contribution in [0.5, 0.6) is 0 Å². The maximum absolute atomic E-state index is 12.7. The Labute approximate surface area is 82.5 Å². The van der Waals surface area contributed by atoms with Crippen molar-refractivity contribution in [2.45, 2.75) is 31.9 Å². The summed E-state index contributed by atoms with van der Waals surface area (Å²) in [6.45, 7) is 1.77.